The van der Waals surface area contributed by atoms with Gasteiger partial charge in [-0.05, 0) is 37.4 Å². The number of carbonyl (C=O) groups excluding carboxylic acids is 1. The van der Waals surface area contributed by atoms with Gasteiger partial charge in [0.05, 0.1) is 0 Å². The van der Waals surface area contributed by atoms with Crippen LogP contribution in [-0.4, -0.2) is 27.9 Å². The molecule has 1 aromatic rings. The van der Waals surface area contributed by atoms with Crippen LogP contribution in [0, 0.1) is 5.82 Å². The average Bonchev–Trinajstić information content (AvgIpc) is 2.42. The molecule has 5 heteroatoms. The summed E-state index contributed by atoms with van der Waals surface area (Å²) in [5.74, 6) is -0.547. The first-order valence-corrected chi connectivity index (χ1v) is 7.38. The van der Waals surface area contributed by atoms with Crippen LogP contribution in [0.2, 0.25) is 0 Å². The third kappa shape index (κ3) is 4.74. The van der Waals surface area contributed by atoms with Crippen LogP contribution in [0.5, 0.6) is 0 Å². The topological polar surface area (TPSA) is 20.3 Å². The molecule has 0 aliphatic heterocycles. The summed E-state index contributed by atoms with van der Waals surface area (Å²) in [6.45, 7) is 6.36. The van der Waals surface area contributed by atoms with E-state index in [1.807, 2.05) is 27.0 Å². The van der Waals surface area contributed by atoms with Crippen LogP contribution in [0.4, 0.5) is 4.39 Å². The SMILES string of the molecule is CC.CCN(C(=O)c1ccc(F)cc1)C(=S)SC. The molecule has 0 bridgehead atoms. The molecule has 0 aromatic heterocycles. The highest BCUT2D eigenvalue weighted by Gasteiger charge is 2.17. The highest BCUT2D eigenvalue weighted by Crippen LogP contribution is 2.11. The number of hydrogen-bond acceptors (Lipinski definition) is 3. The Morgan fingerprint density at radius 3 is 2.22 bits per heavy atom. The maximum absolute atomic E-state index is 12.7. The average molecular weight is 287 g/mol. The standard InChI is InChI=1S/C11H12FNOS2.C2H6/c1-3-13(11(15)16-2)10(14)8-4-6-9(12)7-5-8;1-2/h4-7H,3H2,1-2H3;1-2H3. The fourth-order valence-corrected chi connectivity index (χ4v) is 1.86. The number of rotatable bonds is 2. The second-order valence-corrected chi connectivity index (χ2v) is 4.47. The van der Waals surface area contributed by atoms with Crippen molar-refractivity contribution < 1.29 is 9.18 Å². The van der Waals surface area contributed by atoms with Crippen LogP contribution in [0.15, 0.2) is 24.3 Å². The Labute approximate surface area is 118 Å². The molecule has 0 spiro atoms. The highest BCUT2D eigenvalue weighted by molar-refractivity contribution is 8.22. The van der Waals surface area contributed by atoms with Gasteiger partial charge in [-0.25, -0.2) is 4.39 Å². The number of halogens is 1. The summed E-state index contributed by atoms with van der Waals surface area (Å²) in [6.07, 6.45) is 1.82. The Bertz CT molecular complexity index is 392. The quantitative estimate of drug-likeness (QED) is 0.768. The predicted octanol–water partition coefficient (Wildman–Crippen LogP) is 3.96. The Morgan fingerprint density at radius 2 is 1.83 bits per heavy atom. The summed E-state index contributed by atoms with van der Waals surface area (Å²) >= 11 is 6.42. The summed E-state index contributed by atoms with van der Waals surface area (Å²) in [5.41, 5.74) is 0.444. The van der Waals surface area contributed by atoms with E-state index >= 15 is 0 Å². The lowest BCUT2D eigenvalue weighted by molar-refractivity contribution is 0.0858. The largest absolute Gasteiger partial charge is 0.294 e. The van der Waals surface area contributed by atoms with Gasteiger partial charge in [-0.1, -0.05) is 37.8 Å². The van der Waals surface area contributed by atoms with Gasteiger partial charge >= 0.3 is 0 Å². The molecular formula is C13H18FNOS2. The minimum Gasteiger partial charge on any atom is -0.294 e. The summed E-state index contributed by atoms with van der Waals surface area (Å²) in [4.78, 5) is 13.5. The molecule has 1 rings (SSSR count). The lowest BCUT2D eigenvalue weighted by Crippen LogP contribution is -2.33. The zero-order valence-electron chi connectivity index (χ0n) is 11.1. The van der Waals surface area contributed by atoms with Gasteiger partial charge < -0.3 is 0 Å². The van der Waals surface area contributed by atoms with E-state index in [4.69, 9.17) is 12.2 Å². The number of thioether (sulfide) groups is 1. The molecule has 1 amide bonds. The van der Waals surface area contributed by atoms with E-state index < -0.39 is 0 Å². The van der Waals surface area contributed by atoms with Crippen molar-refractivity contribution in [2.45, 2.75) is 20.8 Å². The Balaban J connectivity index is 0.00000137. The molecule has 2 nitrogen and oxygen atoms in total. The van der Waals surface area contributed by atoms with E-state index in [-0.39, 0.29) is 11.7 Å². The van der Waals surface area contributed by atoms with Crippen molar-refractivity contribution in [2.75, 3.05) is 12.8 Å². The van der Waals surface area contributed by atoms with Crippen molar-refractivity contribution in [3.63, 3.8) is 0 Å². The molecule has 0 saturated carbocycles. The van der Waals surface area contributed by atoms with Gasteiger partial charge in [0.2, 0.25) is 0 Å². The Hall–Kier alpha value is -0.940. The zero-order valence-corrected chi connectivity index (χ0v) is 12.7. The van der Waals surface area contributed by atoms with Crippen molar-refractivity contribution in [3.8, 4) is 0 Å². The van der Waals surface area contributed by atoms with Crippen LogP contribution in [0.1, 0.15) is 31.1 Å². The summed E-state index contributed by atoms with van der Waals surface area (Å²) in [6, 6.07) is 5.46. The fraction of sp³-hybridized carbons (Fsp3) is 0.385. The van der Waals surface area contributed by atoms with E-state index in [1.54, 1.807) is 0 Å². The number of carbonyl (C=O) groups is 1. The van der Waals surface area contributed by atoms with E-state index in [2.05, 4.69) is 0 Å². The van der Waals surface area contributed by atoms with Gasteiger partial charge in [-0.15, -0.1) is 0 Å². The van der Waals surface area contributed by atoms with Gasteiger partial charge in [-0.3, -0.25) is 9.69 Å². The molecule has 0 aliphatic carbocycles. The highest BCUT2D eigenvalue weighted by atomic mass is 32.2. The molecule has 0 N–H and O–H groups in total. The van der Waals surface area contributed by atoms with Crippen LogP contribution in [-0.2, 0) is 0 Å². The Kier molecular flexibility index (Phi) is 8.58. The number of nitrogens with zero attached hydrogens (tertiary/aromatic N) is 1. The van der Waals surface area contributed by atoms with Crippen molar-refractivity contribution in [2.24, 2.45) is 0 Å². The molecule has 0 heterocycles. The molecule has 1 aromatic carbocycles. The second kappa shape index (κ2) is 9.05. The Morgan fingerprint density at radius 1 is 1.33 bits per heavy atom. The number of benzene rings is 1. The monoisotopic (exact) mass is 287 g/mol. The van der Waals surface area contributed by atoms with Crippen molar-refractivity contribution in [1.82, 2.24) is 4.90 Å². The van der Waals surface area contributed by atoms with Gasteiger partial charge in [0.15, 0.2) is 0 Å². The van der Waals surface area contributed by atoms with E-state index in [0.717, 1.165) is 0 Å². The molecule has 0 saturated heterocycles. The molecule has 0 fully saturated rings. The number of hydrogen-bond donors (Lipinski definition) is 0. The van der Waals surface area contributed by atoms with Crippen LogP contribution in [0.3, 0.4) is 0 Å². The molecule has 0 unspecified atom stereocenters. The van der Waals surface area contributed by atoms with Gasteiger partial charge in [0.1, 0.15) is 10.1 Å². The molecule has 0 radical (unpaired) electrons. The van der Waals surface area contributed by atoms with Gasteiger partial charge in [-0.2, -0.15) is 0 Å². The summed E-state index contributed by atoms with van der Waals surface area (Å²) < 4.78 is 13.2. The lowest BCUT2D eigenvalue weighted by Gasteiger charge is -2.20. The zero-order chi connectivity index (χ0) is 14.1. The lowest BCUT2D eigenvalue weighted by atomic mass is 10.2. The first-order valence-electron chi connectivity index (χ1n) is 5.75. The molecule has 0 aliphatic rings. The maximum Gasteiger partial charge on any atom is 0.259 e. The third-order valence-electron chi connectivity index (χ3n) is 2.05. The van der Waals surface area contributed by atoms with Crippen LogP contribution < -0.4 is 0 Å². The summed E-state index contributed by atoms with van der Waals surface area (Å²) in [7, 11) is 0. The first-order chi connectivity index (χ1) is 8.60. The molecule has 100 valence electrons. The van der Waals surface area contributed by atoms with Crippen molar-refractivity contribution in [3.05, 3.63) is 35.6 Å². The van der Waals surface area contributed by atoms with E-state index in [0.29, 0.717) is 16.4 Å². The summed E-state index contributed by atoms with van der Waals surface area (Å²) in [5, 5.41) is 0. The van der Waals surface area contributed by atoms with Gasteiger partial charge in [0, 0.05) is 12.1 Å². The molecule has 0 atom stereocenters. The third-order valence-corrected chi connectivity index (χ3v) is 3.34. The van der Waals surface area contributed by atoms with Crippen LogP contribution in [0.25, 0.3) is 0 Å². The van der Waals surface area contributed by atoms with Crippen molar-refractivity contribution >= 4 is 34.2 Å². The number of thiocarbonyl (C=S) groups is 1. The van der Waals surface area contributed by atoms with E-state index in [1.165, 1.54) is 40.9 Å². The first kappa shape index (κ1) is 17.1. The fourth-order valence-electron chi connectivity index (χ4n) is 1.21. The minimum atomic E-state index is -0.355. The smallest absolute Gasteiger partial charge is 0.259 e. The van der Waals surface area contributed by atoms with E-state index in [9.17, 15) is 9.18 Å². The predicted molar refractivity (Wildman–Crippen MR) is 80.6 cm³/mol. The molecule has 18 heavy (non-hydrogen) atoms. The number of amides is 1. The minimum absolute atomic E-state index is 0.193. The van der Waals surface area contributed by atoms with Gasteiger partial charge in [0.25, 0.3) is 5.91 Å². The second-order valence-electron chi connectivity index (χ2n) is 3.03. The van der Waals surface area contributed by atoms with Crippen LogP contribution >= 0.6 is 24.0 Å². The van der Waals surface area contributed by atoms with Crippen molar-refractivity contribution in [1.29, 1.82) is 0 Å². The molecular weight excluding hydrogens is 269 g/mol. The maximum atomic E-state index is 12.7. The normalized spacial score (nSPS) is 9.17.